The summed E-state index contributed by atoms with van der Waals surface area (Å²) in [6.07, 6.45) is -1.03. The summed E-state index contributed by atoms with van der Waals surface area (Å²) in [7, 11) is 3.06. The Morgan fingerprint density at radius 1 is 1.07 bits per heavy atom. The summed E-state index contributed by atoms with van der Waals surface area (Å²) >= 11 is 0. The molecule has 1 aliphatic rings. The van der Waals surface area contributed by atoms with E-state index in [1.54, 1.807) is 43.3 Å². The molecule has 3 aromatic rings. The maximum atomic E-state index is 12.9. The van der Waals surface area contributed by atoms with Crippen molar-refractivity contribution in [2.24, 2.45) is 0 Å². The largest absolute Gasteiger partial charge is 0.497 e. The van der Waals surface area contributed by atoms with Crippen LogP contribution in [0.1, 0.15) is 24.0 Å². The van der Waals surface area contributed by atoms with Gasteiger partial charge in [0.15, 0.2) is 0 Å². The Balaban J connectivity index is 1.97. The van der Waals surface area contributed by atoms with Crippen molar-refractivity contribution >= 4 is 16.9 Å². The summed E-state index contributed by atoms with van der Waals surface area (Å²) < 4.78 is 27.4. The van der Waals surface area contributed by atoms with Crippen LogP contribution in [0.4, 0.5) is 0 Å². The Morgan fingerprint density at radius 3 is 2.41 bits per heavy atom. The van der Waals surface area contributed by atoms with Crippen LogP contribution >= 0.6 is 0 Å². The molecule has 2 atom stereocenters. The highest BCUT2D eigenvalue weighted by Crippen LogP contribution is 2.45. The minimum absolute atomic E-state index is 0.193. The van der Waals surface area contributed by atoms with Crippen LogP contribution in [0.3, 0.4) is 0 Å². The Kier molecular flexibility index (Phi) is 4.88. The summed E-state index contributed by atoms with van der Waals surface area (Å²) in [6, 6.07) is 12.2. The molecule has 7 heteroatoms. The zero-order valence-corrected chi connectivity index (χ0v) is 16.3. The molecule has 2 aromatic carbocycles. The SMILES string of the molecule is CCOC(=O)[C@@H]1Oc2c(c(=O)oc3ccccc23)[C@H]1c1cc(OC)cc(OC)c1. The molecule has 29 heavy (non-hydrogen) atoms. The molecule has 0 aliphatic carbocycles. The molecule has 0 fully saturated rings. The number of ether oxygens (including phenoxy) is 4. The summed E-state index contributed by atoms with van der Waals surface area (Å²) in [4.78, 5) is 25.6. The molecular weight excluding hydrogens is 376 g/mol. The van der Waals surface area contributed by atoms with Crippen molar-refractivity contribution in [1.29, 1.82) is 0 Å². The first-order valence-corrected chi connectivity index (χ1v) is 9.19. The van der Waals surface area contributed by atoms with Crippen LogP contribution in [0.25, 0.3) is 11.0 Å². The first-order chi connectivity index (χ1) is 14.1. The third kappa shape index (κ3) is 3.18. The van der Waals surface area contributed by atoms with Crippen molar-refractivity contribution in [2.75, 3.05) is 20.8 Å². The predicted molar refractivity (Wildman–Crippen MR) is 105 cm³/mol. The summed E-state index contributed by atoms with van der Waals surface area (Å²) in [5, 5.41) is 0.619. The number of carbonyl (C=O) groups is 1. The van der Waals surface area contributed by atoms with Gasteiger partial charge in [0, 0.05) is 6.07 Å². The molecule has 1 aliphatic heterocycles. The molecule has 0 N–H and O–H groups in total. The zero-order valence-electron chi connectivity index (χ0n) is 16.3. The Labute approximate surface area is 166 Å². The lowest BCUT2D eigenvalue weighted by Crippen LogP contribution is -2.32. The number of fused-ring (bicyclic) bond motifs is 3. The van der Waals surface area contributed by atoms with Gasteiger partial charge in [-0.15, -0.1) is 0 Å². The third-order valence-corrected chi connectivity index (χ3v) is 4.91. The third-order valence-electron chi connectivity index (χ3n) is 4.91. The standard InChI is InChI=1S/C22H20O7/c1-4-27-22(24)20-17(12-9-13(25-2)11-14(10-12)26-3)18-19(29-20)15-7-5-6-8-16(15)28-21(18)23/h5-11,17,20H,4H2,1-3H3/t17-,20-/m1/s1. The van der Waals surface area contributed by atoms with Gasteiger partial charge in [-0.05, 0) is 36.8 Å². The van der Waals surface area contributed by atoms with Gasteiger partial charge in [-0.3, -0.25) is 0 Å². The van der Waals surface area contributed by atoms with E-state index < -0.39 is 23.6 Å². The van der Waals surface area contributed by atoms with Gasteiger partial charge in [0.05, 0.1) is 37.7 Å². The highest BCUT2D eigenvalue weighted by molar-refractivity contribution is 5.88. The Bertz CT molecular complexity index is 1110. The lowest BCUT2D eigenvalue weighted by atomic mass is 9.88. The topological polar surface area (TPSA) is 84.2 Å². The molecule has 0 saturated heterocycles. The van der Waals surface area contributed by atoms with Crippen LogP contribution in [-0.2, 0) is 9.53 Å². The van der Waals surface area contributed by atoms with E-state index in [9.17, 15) is 9.59 Å². The second-order valence-corrected chi connectivity index (χ2v) is 6.54. The minimum atomic E-state index is -1.03. The van der Waals surface area contributed by atoms with Crippen LogP contribution in [0.2, 0.25) is 0 Å². The van der Waals surface area contributed by atoms with Crippen LogP contribution in [-0.4, -0.2) is 32.9 Å². The molecule has 0 saturated carbocycles. The normalized spacial score (nSPS) is 17.5. The first kappa shape index (κ1) is 18.9. The van der Waals surface area contributed by atoms with Crippen molar-refractivity contribution in [3.8, 4) is 17.2 Å². The van der Waals surface area contributed by atoms with Gasteiger partial charge in [-0.25, -0.2) is 9.59 Å². The average molecular weight is 396 g/mol. The van der Waals surface area contributed by atoms with Crippen molar-refractivity contribution in [3.05, 3.63) is 64.0 Å². The van der Waals surface area contributed by atoms with Crippen LogP contribution < -0.4 is 19.8 Å². The predicted octanol–water partition coefficient (Wildman–Crippen LogP) is 3.27. The second kappa shape index (κ2) is 7.50. The van der Waals surface area contributed by atoms with E-state index >= 15 is 0 Å². The summed E-state index contributed by atoms with van der Waals surface area (Å²) in [5.41, 5.74) is 0.734. The smallest absolute Gasteiger partial charge is 0.348 e. The number of esters is 1. The fraction of sp³-hybridized carbons (Fsp3) is 0.273. The molecule has 0 amide bonds. The molecule has 4 rings (SSSR count). The van der Waals surface area contributed by atoms with E-state index in [-0.39, 0.29) is 12.2 Å². The molecule has 0 bridgehead atoms. The monoisotopic (exact) mass is 396 g/mol. The molecule has 0 spiro atoms. The zero-order chi connectivity index (χ0) is 20.5. The van der Waals surface area contributed by atoms with E-state index in [0.29, 0.717) is 33.8 Å². The molecule has 1 aromatic heterocycles. The first-order valence-electron chi connectivity index (χ1n) is 9.19. The van der Waals surface area contributed by atoms with E-state index in [4.69, 9.17) is 23.4 Å². The Morgan fingerprint density at radius 2 is 1.76 bits per heavy atom. The fourth-order valence-electron chi connectivity index (χ4n) is 3.64. The lowest BCUT2D eigenvalue weighted by Gasteiger charge is -2.19. The molecule has 2 heterocycles. The van der Waals surface area contributed by atoms with Gasteiger partial charge < -0.3 is 23.4 Å². The number of benzene rings is 2. The fourth-order valence-corrected chi connectivity index (χ4v) is 3.64. The molecule has 0 radical (unpaired) electrons. The molecule has 0 unspecified atom stereocenters. The highest BCUT2D eigenvalue weighted by Gasteiger charge is 2.45. The average Bonchev–Trinajstić information content (AvgIpc) is 3.15. The summed E-state index contributed by atoms with van der Waals surface area (Å²) in [5.74, 6) is 0.107. The quantitative estimate of drug-likeness (QED) is 0.483. The van der Waals surface area contributed by atoms with Crippen molar-refractivity contribution in [1.82, 2.24) is 0 Å². The van der Waals surface area contributed by atoms with E-state index in [1.807, 2.05) is 6.07 Å². The van der Waals surface area contributed by atoms with Crippen LogP contribution in [0, 0.1) is 0 Å². The van der Waals surface area contributed by atoms with E-state index in [1.165, 1.54) is 14.2 Å². The molecule has 150 valence electrons. The molecular formula is C22H20O7. The summed E-state index contributed by atoms with van der Waals surface area (Å²) in [6.45, 7) is 1.91. The molecule has 7 nitrogen and oxygen atoms in total. The number of rotatable bonds is 5. The van der Waals surface area contributed by atoms with Gasteiger partial charge in [0.2, 0.25) is 6.10 Å². The van der Waals surface area contributed by atoms with Gasteiger partial charge in [-0.2, -0.15) is 0 Å². The lowest BCUT2D eigenvalue weighted by molar-refractivity contribution is -0.151. The van der Waals surface area contributed by atoms with Gasteiger partial charge in [-0.1, -0.05) is 12.1 Å². The number of hydrogen-bond donors (Lipinski definition) is 0. The van der Waals surface area contributed by atoms with Crippen LogP contribution in [0.5, 0.6) is 17.2 Å². The van der Waals surface area contributed by atoms with E-state index in [0.717, 1.165) is 0 Å². The van der Waals surface area contributed by atoms with E-state index in [2.05, 4.69) is 0 Å². The van der Waals surface area contributed by atoms with Crippen LogP contribution in [0.15, 0.2) is 51.7 Å². The number of methoxy groups -OCH3 is 2. The van der Waals surface area contributed by atoms with Gasteiger partial charge in [0.25, 0.3) is 0 Å². The maximum Gasteiger partial charge on any atom is 0.348 e. The number of carbonyl (C=O) groups excluding carboxylic acids is 1. The van der Waals surface area contributed by atoms with Crippen molar-refractivity contribution in [3.63, 3.8) is 0 Å². The van der Waals surface area contributed by atoms with Crippen molar-refractivity contribution < 1.29 is 28.2 Å². The number of hydrogen-bond acceptors (Lipinski definition) is 7. The number of para-hydroxylation sites is 1. The highest BCUT2D eigenvalue weighted by atomic mass is 16.6. The van der Waals surface area contributed by atoms with Crippen molar-refractivity contribution in [2.45, 2.75) is 18.9 Å². The van der Waals surface area contributed by atoms with Gasteiger partial charge in [0.1, 0.15) is 22.8 Å². The van der Waals surface area contributed by atoms with Gasteiger partial charge >= 0.3 is 11.6 Å². The minimum Gasteiger partial charge on any atom is -0.497 e. The maximum absolute atomic E-state index is 12.9. The Hall–Kier alpha value is -3.48. The second-order valence-electron chi connectivity index (χ2n) is 6.54.